The highest BCUT2D eigenvalue weighted by atomic mass is 15.3. The van der Waals surface area contributed by atoms with Gasteiger partial charge in [-0.2, -0.15) is 5.10 Å². The van der Waals surface area contributed by atoms with E-state index in [1.165, 1.54) is 37.8 Å². The summed E-state index contributed by atoms with van der Waals surface area (Å²) in [4.78, 5) is 0. The van der Waals surface area contributed by atoms with Crippen LogP contribution in [0.3, 0.4) is 0 Å². The third-order valence-electron chi connectivity index (χ3n) is 6.02. The molecule has 4 aliphatic rings. The Hall–Kier alpha value is -0.830. The second-order valence-corrected chi connectivity index (χ2v) is 7.32. The first-order valence-electron chi connectivity index (χ1n) is 7.98. The van der Waals surface area contributed by atoms with E-state index in [4.69, 9.17) is 5.73 Å². The molecular formula is C16H25N3. The number of hydrogen-bond donors (Lipinski definition) is 1. The molecular weight excluding hydrogens is 234 g/mol. The highest BCUT2D eigenvalue weighted by molar-refractivity contribution is 5.06. The molecule has 1 unspecified atom stereocenters. The minimum atomic E-state index is 0.0966. The first-order valence-corrected chi connectivity index (χ1v) is 7.98. The van der Waals surface area contributed by atoms with Gasteiger partial charge in [-0.15, -0.1) is 0 Å². The fraction of sp³-hybridized carbons (Fsp3) is 0.812. The first-order chi connectivity index (χ1) is 9.20. The highest BCUT2D eigenvalue weighted by Crippen LogP contribution is 2.56. The summed E-state index contributed by atoms with van der Waals surface area (Å²) in [5, 5.41) is 4.53. The SMILES string of the molecule is CC(N)c1ccnn1CC1C2CC3CC(C2)CC1C3. The van der Waals surface area contributed by atoms with Gasteiger partial charge in [0, 0.05) is 18.8 Å². The zero-order valence-corrected chi connectivity index (χ0v) is 11.8. The van der Waals surface area contributed by atoms with Crippen molar-refractivity contribution < 1.29 is 0 Å². The lowest BCUT2D eigenvalue weighted by Crippen LogP contribution is -2.46. The van der Waals surface area contributed by atoms with E-state index in [0.29, 0.717) is 0 Å². The maximum atomic E-state index is 6.05. The quantitative estimate of drug-likeness (QED) is 0.907. The molecule has 0 spiro atoms. The van der Waals surface area contributed by atoms with Gasteiger partial charge < -0.3 is 5.73 Å². The lowest BCUT2D eigenvalue weighted by molar-refractivity contribution is -0.0446. The van der Waals surface area contributed by atoms with Gasteiger partial charge in [0.15, 0.2) is 0 Å². The van der Waals surface area contributed by atoms with Gasteiger partial charge in [0.05, 0.1) is 5.69 Å². The molecule has 4 saturated carbocycles. The Morgan fingerprint density at radius 3 is 2.42 bits per heavy atom. The van der Waals surface area contributed by atoms with Gasteiger partial charge in [-0.25, -0.2) is 0 Å². The van der Waals surface area contributed by atoms with Crippen molar-refractivity contribution in [3.63, 3.8) is 0 Å². The van der Waals surface area contributed by atoms with Gasteiger partial charge in [-0.1, -0.05) is 0 Å². The minimum absolute atomic E-state index is 0.0966. The van der Waals surface area contributed by atoms with Crippen molar-refractivity contribution in [1.29, 1.82) is 0 Å². The number of aromatic nitrogens is 2. The lowest BCUT2D eigenvalue weighted by atomic mass is 9.52. The molecule has 3 nitrogen and oxygen atoms in total. The summed E-state index contributed by atoms with van der Waals surface area (Å²) in [6, 6.07) is 2.18. The topological polar surface area (TPSA) is 43.8 Å². The van der Waals surface area contributed by atoms with E-state index in [1.807, 2.05) is 6.20 Å². The molecule has 0 amide bonds. The molecule has 1 atom stereocenters. The summed E-state index contributed by atoms with van der Waals surface area (Å²) >= 11 is 0. The van der Waals surface area contributed by atoms with Gasteiger partial charge in [0.1, 0.15) is 0 Å². The molecule has 3 heteroatoms. The van der Waals surface area contributed by atoms with E-state index in [1.54, 1.807) is 0 Å². The Balaban J connectivity index is 1.55. The van der Waals surface area contributed by atoms with E-state index in [9.17, 15) is 0 Å². The predicted octanol–water partition coefficient (Wildman–Crippen LogP) is 2.98. The van der Waals surface area contributed by atoms with E-state index >= 15 is 0 Å². The van der Waals surface area contributed by atoms with Crippen molar-refractivity contribution in [2.75, 3.05) is 0 Å². The molecule has 19 heavy (non-hydrogen) atoms. The Morgan fingerprint density at radius 2 is 1.84 bits per heavy atom. The van der Waals surface area contributed by atoms with Crippen LogP contribution in [0.25, 0.3) is 0 Å². The highest BCUT2D eigenvalue weighted by Gasteiger charge is 2.48. The standard InChI is InChI=1S/C16H25N3/c1-10(17)16-2-3-18-19(16)9-15-13-5-11-4-12(7-13)8-14(15)6-11/h2-3,10-15H,4-9,17H2,1H3. The molecule has 5 rings (SSSR count). The van der Waals surface area contributed by atoms with Crippen LogP contribution in [0.1, 0.15) is 50.8 Å². The van der Waals surface area contributed by atoms with Crippen molar-refractivity contribution in [3.05, 3.63) is 18.0 Å². The second-order valence-electron chi connectivity index (χ2n) is 7.32. The molecule has 2 N–H and O–H groups in total. The Morgan fingerprint density at radius 1 is 1.21 bits per heavy atom. The third kappa shape index (κ3) is 1.94. The largest absolute Gasteiger partial charge is 0.323 e. The summed E-state index contributed by atoms with van der Waals surface area (Å²) in [5.74, 6) is 4.93. The second kappa shape index (κ2) is 4.34. The van der Waals surface area contributed by atoms with Crippen LogP contribution in [0.4, 0.5) is 0 Å². The molecule has 0 aromatic carbocycles. The van der Waals surface area contributed by atoms with Crippen molar-refractivity contribution >= 4 is 0 Å². The summed E-state index contributed by atoms with van der Waals surface area (Å²) in [6.07, 6.45) is 9.42. The molecule has 4 fully saturated rings. The van der Waals surface area contributed by atoms with Crippen LogP contribution in [0.2, 0.25) is 0 Å². The predicted molar refractivity (Wildman–Crippen MR) is 75.4 cm³/mol. The molecule has 4 aliphatic carbocycles. The zero-order valence-electron chi connectivity index (χ0n) is 11.8. The van der Waals surface area contributed by atoms with Crippen LogP contribution >= 0.6 is 0 Å². The van der Waals surface area contributed by atoms with Gasteiger partial charge in [0.25, 0.3) is 0 Å². The molecule has 0 radical (unpaired) electrons. The number of nitrogens with two attached hydrogens (primary N) is 1. The van der Waals surface area contributed by atoms with E-state index in [-0.39, 0.29) is 6.04 Å². The first kappa shape index (κ1) is 12.0. The summed E-state index contributed by atoms with van der Waals surface area (Å²) < 4.78 is 2.19. The van der Waals surface area contributed by atoms with Crippen molar-refractivity contribution in [3.8, 4) is 0 Å². The van der Waals surface area contributed by atoms with Crippen LogP contribution in [0.5, 0.6) is 0 Å². The monoisotopic (exact) mass is 259 g/mol. The lowest BCUT2D eigenvalue weighted by Gasteiger charge is -2.54. The smallest absolute Gasteiger partial charge is 0.0548 e. The number of rotatable bonds is 3. The van der Waals surface area contributed by atoms with Gasteiger partial charge in [0.2, 0.25) is 0 Å². The summed E-state index contributed by atoms with van der Waals surface area (Å²) in [6.45, 7) is 3.17. The fourth-order valence-corrected chi connectivity index (χ4v) is 5.42. The van der Waals surface area contributed by atoms with E-state index < -0.39 is 0 Å². The molecule has 1 aromatic heterocycles. The average molecular weight is 259 g/mol. The Bertz CT molecular complexity index is 434. The molecule has 104 valence electrons. The molecule has 1 aromatic rings. The van der Waals surface area contributed by atoms with Crippen molar-refractivity contribution in [2.45, 2.75) is 51.6 Å². The normalized spacial score (nSPS) is 41.7. The maximum absolute atomic E-state index is 6.05. The van der Waals surface area contributed by atoms with Crippen LogP contribution in [0, 0.1) is 29.6 Å². The van der Waals surface area contributed by atoms with Crippen molar-refractivity contribution in [1.82, 2.24) is 9.78 Å². The minimum Gasteiger partial charge on any atom is -0.323 e. The molecule has 1 heterocycles. The van der Waals surface area contributed by atoms with Crippen LogP contribution in [-0.2, 0) is 6.54 Å². The third-order valence-corrected chi connectivity index (χ3v) is 6.02. The molecule has 4 bridgehead atoms. The number of nitrogens with zero attached hydrogens (tertiary/aromatic N) is 2. The zero-order chi connectivity index (χ0) is 13.0. The summed E-state index contributed by atoms with van der Waals surface area (Å²) in [5.41, 5.74) is 7.25. The number of hydrogen-bond acceptors (Lipinski definition) is 2. The van der Waals surface area contributed by atoms with Crippen LogP contribution < -0.4 is 5.73 Å². The van der Waals surface area contributed by atoms with Crippen LogP contribution in [-0.4, -0.2) is 9.78 Å². The van der Waals surface area contributed by atoms with Crippen molar-refractivity contribution in [2.24, 2.45) is 35.3 Å². The molecule has 0 aliphatic heterocycles. The summed E-state index contributed by atoms with van der Waals surface area (Å²) in [7, 11) is 0. The maximum Gasteiger partial charge on any atom is 0.0548 e. The molecule has 0 saturated heterocycles. The fourth-order valence-electron chi connectivity index (χ4n) is 5.42. The van der Waals surface area contributed by atoms with Gasteiger partial charge in [-0.3, -0.25) is 4.68 Å². The average Bonchev–Trinajstić information content (AvgIpc) is 2.81. The Labute approximate surface area is 115 Å². The van der Waals surface area contributed by atoms with Gasteiger partial charge in [-0.05, 0) is 74.7 Å². The van der Waals surface area contributed by atoms with Crippen LogP contribution in [0.15, 0.2) is 12.3 Å². The van der Waals surface area contributed by atoms with Gasteiger partial charge >= 0.3 is 0 Å². The van der Waals surface area contributed by atoms with E-state index in [0.717, 1.165) is 36.1 Å². The Kier molecular flexibility index (Phi) is 2.73. The van der Waals surface area contributed by atoms with E-state index in [2.05, 4.69) is 22.8 Å².